The number of H-pyrrole nitrogens is 1. The quantitative estimate of drug-likeness (QED) is 0.572. The average Bonchev–Trinajstić information content (AvgIpc) is 2.82. The van der Waals surface area contributed by atoms with Gasteiger partial charge in [-0.25, -0.2) is 4.98 Å². The lowest BCUT2D eigenvalue weighted by molar-refractivity contribution is 0.0998. The van der Waals surface area contributed by atoms with Crippen LogP contribution in [0.3, 0.4) is 0 Å². The van der Waals surface area contributed by atoms with Crippen LogP contribution in [0, 0.1) is 0 Å². The summed E-state index contributed by atoms with van der Waals surface area (Å²) < 4.78 is 0. The van der Waals surface area contributed by atoms with Crippen LogP contribution >= 0.6 is 0 Å². The molecule has 0 bridgehead atoms. The summed E-state index contributed by atoms with van der Waals surface area (Å²) in [5.41, 5.74) is 2.30. The molecule has 0 spiro atoms. The molecule has 0 fully saturated rings. The second-order valence-electron chi connectivity index (χ2n) is 4.80. The Labute approximate surface area is 115 Å². The van der Waals surface area contributed by atoms with Crippen molar-refractivity contribution in [3.05, 3.63) is 42.2 Å². The van der Waals surface area contributed by atoms with Crippen molar-refractivity contribution in [2.24, 2.45) is 4.99 Å². The van der Waals surface area contributed by atoms with Gasteiger partial charge in [0.2, 0.25) is 0 Å². The van der Waals surface area contributed by atoms with E-state index < -0.39 is 0 Å². The number of nitrogens with one attached hydrogen (secondary N) is 1. The first-order valence-corrected chi connectivity index (χ1v) is 6.26. The number of benzene rings is 1. The van der Waals surface area contributed by atoms with E-state index in [1.54, 1.807) is 17.2 Å². The van der Waals surface area contributed by atoms with Crippen LogP contribution in [0.25, 0.3) is 21.8 Å². The molecule has 20 heavy (non-hydrogen) atoms. The molecule has 1 amide bonds. The number of rotatable bonds is 2. The van der Waals surface area contributed by atoms with Gasteiger partial charge < -0.3 is 9.88 Å². The molecular weight excluding hydrogens is 252 g/mol. The van der Waals surface area contributed by atoms with Crippen LogP contribution in [-0.4, -0.2) is 41.2 Å². The lowest BCUT2D eigenvalue weighted by atomic mass is 10.1. The molecule has 2 aromatic heterocycles. The van der Waals surface area contributed by atoms with Gasteiger partial charge in [0, 0.05) is 30.4 Å². The van der Waals surface area contributed by atoms with E-state index >= 15 is 0 Å². The molecule has 2 heterocycles. The zero-order valence-corrected chi connectivity index (χ0v) is 11.3. The maximum atomic E-state index is 12.0. The first-order valence-electron chi connectivity index (χ1n) is 6.26. The molecule has 1 N–H and O–H groups in total. The fourth-order valence-electron chi connectivity index (χ4n) is 2.10. The number of pyridine rings is 1. The largest absolute Gasteiger partial charge is 0.369 e. The smallest absolute Gasteiger partial charge is 0.296 e. The monoisotopic (exact) mass is 266 g/mol. The highest BCUT2D eigenvalue weighted by Crippen LogP contribution is 2.25. The molecule has 100 valence electrons. The molecule has 0 radical (unpaired) electrons. The highest BCUT2D eigenvalue weighted by Gasteiger charge is 2.09. The summed E-state index contributed by atoms with van der Waals surface area (Å²) in [4.78, 5) is 25.0. The molecule has 0 saturated carbocycles. The Morgan fingerprint density at radius 1 is 1.25 bits per heavy atom. The highest BCUT2D eigenvalue weighted by atomic mass is 16.1. The van der Waals surface area contributed by atoms with Crippen molar-refractivity contribution in [1.29, 1.82) is 0 Å². The number of carbonyl (C=O) groups is 1. The first kappa shape index (κ1) is 12.3. The van der Waals surface area contributed by atoms with Crippen LogP contribution in [0.1, 0.15) is 10.5 Å². The van der Waals surface area contributed by atoms with Crippen molar-refractivity contribution in [3.8, 4) is 0 Å². The van der Waals surface area contributed by atoms with Gasteiger partial charge in [-0.15, -0.1) is 0 Å². The predicted molar refractivity (Wildman–Crippen MR) is 80.1 cm³/mol. The fourth-order valence-corrected chi connectivity index (χ4v) is 2.10. The molecular formula is C15H14N4O. The Kier molecular flexibility index (Phi) is 2.95. The summed E-state index contributed by atoms with van der Waals surface area (Å²) in [5.74, 6) is -0.342. The van der Waals surface area contributed by atoms with Gasteiger partial charge in [-0.3, -0.25) is 4.79 Å². The van der Waals surface area contributed by atoms with Crippen LogP contribution in [0.2, 0.25) is 0 Å². The zero-order chi connectivity index (χ0) is 14.1. The minimum atomic E-state index is -0.342. The number of hydrogen-bond donors (Lipinski definition) is 1. The third kappa shape index (κ3) is 2.14. The van der Waals surface area contributed by atoms with Gasteiger partial charge >= 0.3 is 0 Å². The van der Waals surface area contributed by atoms with Gasteiger partial charge in [-0.1, -0.05) is 18.2 Å². The lowest BCUT2D eigenvalue weighted by Gasteiger charge is -2.01. The van der Waals surface area contributed by atoms with Crippen LogP contribution in [0.15, 0.2) is 41.5 Å². The van der Waals surface area contributed by atoms with E-state index in [0.29, 0.717) is 5.69 Å². The molecule has 3 aromatic rings. The van der Waals surface area contributed by atoms with E-state index in [1.165, 1.54) is 6.34 Å². The maximum Gasteiger partial charge on any atom is 0.296 e. The number of aliphatic imine (C=N–C) groups is 1. The molecule has 0 aliphatic heterocycles. The van der Waals surface area contributed by atoms with E-state index in [9.17, 15) is 4.79 Å². The Bertz CT molecular complexity index is 817. The van der Waals surface area contributed by atoms with Crippen molar-refractivity contribution >= 4 is 34.1 Å². The molecule has 1 aromatic carbocycles. The molecule has 0 atom stereocenters. The van der Waals surface area contributed by atoms with Crippen molar-refractivity contribution in [2.45, 2.75) is 0 Å². The van der Waals surface area contributed by atoms with Crippen LogP contribution in [0.4, 0.5) is 0 Å². The molecule has 0 aliphatic rings. The predicted octanol–water partition coefficient (Wildman–Crippen LogP) is 2.45. The second-order valence-corrected chi connectivity index (χ2v) is 4.80. The summed E-state index contributed by atoms with van der Waals surface area (Å²) in [7, 11) is 3.63. The first-order chi connectivity index (χ1) is 9.65. The van der Waals surface area contributed by atoms with Crippen molar-refractivity contribution in [2.75, 3.05) is 14.1 Å². The van der Waals surface area contributed by atoms with Gasteiger partial charge in [-0.05, 0) is 12.1 Å². The van der Waals surface area contributed by atoms with Crippen LogP contribution in [-0.2, 0) is 0 Å². The van der Waals surface area contributed by atoms with E-state index in [2.05, 4.69) is 15.0 Å². The van der Waals surface area contributed by atoms with Gasteiger partial charge in [0.1, 0.15) is 5.69 Å². The molecule has 0 aliphatic carbocycles. The number of hydrogen-bond acceptors (Lipinski definition) is 2. The third-order valence-electron chi connectivity index (χ3n) is 3.02. The summed E-state index contributed by atoms with van der Waals surface area (Å²) in [6.45, 7) is 0. The van der Waals surface area contributed by atoms with E-state index in [-0.39, 0.29) is 5.91 Å². The van der Waals surface area contributed by atoms with Crippen molar-refractivity contribution in [3.63, 3.8) is 0 Å². The number of aromatic amines is 1. The highest BCUT2D eigenvalue weighted by molar-refractivity contribution is 6.09. The maximum absolute atomic E-state index is 12.0. The van der Waals surface area contributed by atoms with E-state index in [0.717, 1.165) is 21.8 Å². The van der Waals surface area contributed by atoms with Gasteiger partial charge in [0.05, 0.1) is 18.1 Å². The Morgan fingerprint density at radius 2 is 2.05 bits per heavy atom. The molecule has 5 heteroatoms. The summed E-state index contributed by atoms with van der Waals surface area (Å²) in [5, 5.41) is 2.06. The minimum Gasteiger partial charge on any atom is -0.369 e. The fraction of sp³-hybridized carbons (Fsp3) is 0.133. The normalized spacial score (nSPS) is 11.5. The Morgan fingerprint density at radius 3 is 2.85 bits per heavy atom. The van der Waals surface area contributed by atoms with Crippen LogP contribution < -0.4 is 0 Å². The average molecular weight is 266 g/mol. The van der Waals surface area contributed by atoms with Crippen molar-refractivity contribution in [1.82, 2.24) is 14.9 Å². The minimum absolute atomic E-state index is 0.342. The van der Waals surface area contributed by atoms with Gasteiger partial charge in [0.15, 0.2) is 0 Å². The summed E-state index contributed by atoms with van der Waals surface area (Å²) in [6, 6.07) is 9.75. The molecule has 0 saturated heterocycles. The molecule has 0 unspecified atom stereocenters. The molecule has 5 nitrogen and oxygen atoms in total. The van der Waals surface area contributed by atoms with E-state index in [1.807, 2.05) is 38.4 Å². The topological polar surface area (TPSA) is 61.4 Å². The van der Waals surface area contributed by atoms with Gasteiger partial charge in [-0.2, -0.15) is 4.99 Å². The van der Waals surface area contributed by atoms with Crippen LogP contribution in [0.5, 0.6) is 0 Å². The third-order valence-corrected chi connectivity index (χ3v) is 3.02. The Balaban J connectivity index is 2.10. The Hall–Kier alpha value is -2.69. The second kappa shape index (κ2) is 4.77. The number of para-hydroxylation sites is 1. The standard InChI is InChI=1S/C15H14N4O/c1-19(2)9-17-15(20)13-7-11-10-5-3-4-6-12(10)18-14(11)8-16-13/h3-9,18H,1-2H3/b17-9+. The molecule has 3 rings (SSSR count). The number of carbonyl (C=O) groups excluding carboxylic acids is 1. The zero-order valence-electron chi connectivity index (χ0n) is 11.3. The van der Waals surface area contributed by atoms with E-state index in [4.69, 9.17) is 0 Å². The number of fused-ring (bicyclic) bond motifs is 3. The summed E-state index contributed by atoms with van der Waals surface area (Å²) in [6.07, 6.45) is 3.15. The van der Waals surface area contributed by atoms with Gasteiger partial charge in [0.25, 0.3) is 5.91 Å². The number of nitrogens with zero attached hydrogens (tertiary/aromatic N) is 3. The SMILES string of the molecule is CN(C)/C=N/C(=O)c1cc2c(cn1)[nH]c1ccccc12. The lowest BCUT2D eigenvalue weighted by Crippen LogP contribution is -2.10. The summed E-state index contributed by atoms with van der Waals surface area (Å²) >= 11 is 0. The van der Waals surface area contributed by atoms with Crippen molar-refractivity contribution < 1.29 is 4.79 Å². The number of aromatic nitrogens is 2. The number of amides is 1.